The van der Waals surface area contributed by atoms with Crippen LogP contribution >= 0.6 is 0 Å². The molecule has 0 aromatic heterocycles. The number of carbonyl (C=O) groups is 15. The number of anilines is 1. The fourth-order valence-electron chi connectivity index (χ4n) is 12.6. The number of imide groups is 10. The standard InChI is InChI=1S/C21H30N2O7.C17H16N4O7S2.C17H22N2O7.C15H19N3O7S.C12H12N2O6S.Na/c1-28-14-15-30-13-9-23-20(26)18(16-17-6-3-2-4-7-17)19(25)22(21(23)27)8-12-29-11-5-10-24;18-29(25,26)12-6-4-10(5-7-12)8-14-15(22)20-17(24)21(16(14)23)11-2-1-3-13(9-11)30(19,27)28;1-23-5-7-25-13-4-3-11(10-14(13)26-8-6-24-2)9-12-15(20)18-17(22)19-16(12)21;19-6-8-25-7-5-16-26(23,24)11-3-1-10(2-4-11)9-12-13(20)17-15(22)18-14(12)21;15-10-9(6-8-4-2-1-3-5-8)11(16)14(12(17)13-10)7-21(18,19)20;/h2-4,6-7,18,24H,5,8-16H2,1H3;1-7,9,14H,8H2,(H2,18,25,26)(H2,19,27,28)(H,20,22,24);3-4,10,12H,5-9H2,1-2H3,(H2,18,19,20,21,22);1-4,12,16,19H,5-9H2,(H2,17,18,20,21,22);1-5,9H,6-7H2,(H,13,15,17)(H,18,19,20);/q;;;;;+1/p-1. The second-order valence-corrected chi connectivity index (χ2v) is 35.0. The summed E-state index contributed by atoms with van der Waals surface area (Å²) in [6.45, 7) is 3.17. The smallest absolute Gasteiger partial charge is 0.747 e. The molecule has 52 heteroatoms. The number of hydrogen-bond donors (Lipinski definition) is 11. The Morgan fingerprint density at radius 1 is 0.381 bits per heavy atom. The first-order chi connectivity index (χ1) is 63.1. The number of nitrogens with two attached hydrogens (primary N) is 2. The number of nitrogens with zero attached hydrogens (tertiary/aromatic N) is 4. The molecule has 134 heavy (non-hydrogen) atoms. The van der Waals surface area contributed by atoms with E-state index in [0.717, 1.165) is 21.4 Å². The van der Waals surface area contributed by atoms with Crippen molar-refractivity contribution in [3.8, 4) is 11.5 Å². The molecule has 5 aliphatic rings. The van der Waals surface area contributed by atoms with Gasteiger partial charge in [-0.25, -0.2) is 82.4 Å². The third kappa shape index (κ3) is 34.6. The maximum atomic E-state index is 12.9. The molecule has 6 aromatic rings. The van der Waals surface area contributed by atoms with Crippen molar-refractivity contribution < 1.29 is 188 Å². The number of methoxy groups -OCH3 is 3. The maximum absolute atomic E-state index is 12.9. The van der Waals surface area contributed by atoms with E-state index in [1.165, 1.54) is 66.7 Å². The number of aliphatic hydroxyl groups is 2. The van der Waals surface area contributed by atoms with Crippen LogP contribution in [0.3, 0.4) is 0 Å². The monoisotopic (exact) mass is 1960 g/mol. The summed E-state index contributed by atoms with van der Waals surface area (Å²) >= 11 is 0. The van der Waals surface area contributed by atoms with E-state index < -0.39 is 165 Å². The number of sulfonamides is 3. The third-order valence-corrected chi connectivity index (χ3v) is 23.0. The fourth-order valence-corrected chi connectivity index (χ4v) is 15.2. The van der Waals surface area contributed by atoms with Crippen LogP contribution in [0.5, 0.6) is 11.5 Å². The van der Waals surface area contributed by atoms with E-state index in [0.29, 0.717) is 91.3 Å². The van der Waals surface area contributed by atoms with Crippen LogP contribution in [0.2, 0.25) is 0 Å². The minimum absolute atomic E-state index is 0. The van der Waals surface area contributed by atoms with Gasteiger partial charge < -0.3 is 52.7 Å². The summed E-state index contributed by atoms with van der Waals surface area (Å²) in [7, 11) is -11.8. The molecule has 6 aromatic carbocycles. The first kappa shape index (κ1) is 111. The maximum Gasteiger partial charge on any atom is 1.00 e. The first-order valence-corrected chi connectivity index (χ1v) is 46.3. The molecule has 0 aliphatic carbocycles. The molecule has 5 aliphatic heterocycles. The molecule has 13 N–H and O–H groups in total. The molecule has 0 saturated carbocycles. The molecule has 47 nitrogen and oxygen atoms in total. The Labute approximate surface area is 790 Å². The molecule has 20 amide bonds. The number of barbiturate groups is 5. The summed E-state index contributed by atoms with van der Waals surface area (Å²) in [4.78, 5) is 183. The van der Waals surface area contributed by atoms with Crippen LogP contribution in [0.4, 0.5) is 29.7 Å². The van der Waals surface area contributed by atoms with E-state index in [4.69, 9.17) is 58.4 Å². The zero-order chi connectivity index (χ0) is 97.8. The average molecular weight is 1960 g/mol. The molecular weight excluding hydrogens is 1860 g/mol. The third-order valence-electron chi connectivity index (χ3n) is 19.2. The molecule has 720 valence electrons. The van der Waals surface area contributed by atoms with E-state index in [-0.39, 0.29) is 146 Å². The molecule has 3 unspecified atom stereocenters. The molecule has 3 atom stereocenters. The Kier molecular flexibility index (Phi) is 44.7. The van der Waals surface area contributed by atoms with Gasteiger partial charge in [0.2, 0.25) is 89.1 Å². The van der Waals surface area contributed by atoms with Crippen molar-refractivity contribution in [3.05, 3.63) is 179 Å². The van der Waals surface area contributed by atoms with Gasteiger partial charge >= 0.3 is 59.7 Å². The van der Waals surface area contributed by atoms with Gasteiger partial charge in [-0.2, -0.15) is 0 Å². The predicted molar refractivity (Wildman–Crippen MR) is 459 cm³/mol. The minimum atomic E-state index is -4.82. The van der Waals surface area contributed by atoms with Crippen LogP contribution in [0.1, 0.15) is 34.2 Å². The number of rotatable bonds is 42. The summed E-state index contributed by atoms with van der Waals surface area (Å²) < 4.78 is 146. The van der Waals surface area contributed by atoms with Crippen molar-refractivity contribution in [3.63, 3.8) is 0 Å². The Morgan fingerprint density at radius 2 is 0.791 bits per heavy atom. The number of ether oxygens (including phenoxy) is 8. The van der Waals surface area contributed by atoms with Crippen LogP contribution in [0.25, 0.3) is 0 Å². The number of primary sulfonamides is 2. The molecule has 5 fully saturated rings. The Bertz CT molecular complexity index is 5570. The van der Waals surface area contributed by atoms with Crippen molar-refractivity contribution in [2.45, 2.75) is 53.2 Å². The van der Waals surface area contributed by atoms with E-state index in [1.807, 2.05) is 46.3 Å². The number of nitrogens with one attached hydrogen (secondary N) is 7. The van der Waals surface area contributed by atoms with Crippen LogP contribution in [-0.4, -0.2) is 285 Å². The number of carbonyl (C=O) groups excluding carboxylic acids is 15. The topological polar surface area (TPSA) is 679 Å². The molecule has 5 heterocycles. The van der Waals surface area contributed by atoms with Gasteiger partial charge in [-0.15, -0.1) is 0 Å². The Hall–Kier alpha value is -11.7. The quantitative estimate of drug-likeness (QED) is 0.00742. The SMILES string of the molecule is COCCOCCN1C(=O)C(Cc2ccccc2)C(=O)N(CCOCCCO)C1=O.COCCOc1ccc(CC2C(=O)NC(=O)NC2=O)cc1OCCOC.NS(=O)(=O)c1ccc(CC2C(=O)NC(=O)N(c3cccc(S(N)(=O)=O)c3)C2=O)cc1.O=C1NC(=O)C(Cc2ccc(S(=O)(=O)NCCOCCO)cc2)C(=O)N1.O=C1NC(=O)N(CS(=O)(=O)[O-])C(=O)C1Cc1ccccc1.[Na+]. The summed E-state index contributed by atoms with van der Waals surface area (Å²) in [5.41, 5.74) is 3.15. The van der Waals surface area contributed by atoms with E-state index >= 15 is 0 Å². The normalized spacial score (nSPS) is 16.8. The van der Waals surface area contributed by atoms with Crippen molar-refractivity contribution in [1.29, 1.82) is 0 Å². The fraction of sp³-hybridized carbons (Fsp3) is 0.378. The average Bonchev–Trinajstić information content (AvgIpc) is 0.780. The van der Waals surface area contributed by atoms with Crippen LogP contribution < -0.4 is 90.8 Å². The second-order valence-electron chi connectivity index (χ2n) is 28.7. The van der Waals surface area contributed by atoms with Gasteiger partial charge in [0.1, 0.15) is 58.8 Å². The van der Waals surface area contributed by atoms with Crippen molar-refractivity contribution in [2.75, 3.05) is 138 Å². The van der Waals surface area contributed by atoms with Crippen LogP contribution in [0, 0.1) is 29.6 Å². The van der Waals surface area contributed by atoms with Crippen molar-refractivity contribution in [2.24, 2.45) is 39.9 Å². The number of amides is 20. The number of urea groups is 5. The van der Waals surface area contributed by atoms with Crippen molar-refractivity contribution in [1.82, 2.24) is 51.3 Å². The summed E-state index contributed by atoms with van der Waals surface area (Å²) in [5, 5.41) is 39.6. The molecule has 0 bridgehead atoms. The number of hydrogen-bond acceptors (Lipinski definition) is 34. The van der Waals surface area contributed by atoms with Gasteiger partial charge in [0.25, 0.3) is 0 Å². The van der Waals surface area contributed by atoms with E-state index in [9.17, 15) is 110 Å². The van der Waals surface area contributed by atoms with Gasteiger partial charge in [0.15, 0.2) is 11.5 Å². The largest absolute Gasteiger partial charge is 1.00 e. The molecule has 11 rings (SSSR count). The molecule has 5 saturated heterocycles. The van der Waals surface area contributed by atoms with Gasteiger partial charge in [0.05, 0.1) is 92.9 Å². The summed E-state index contributed by atoms with van der Waals surface area (Å²) in [5.74, 6) is -13.0. The minimum Gasteiger partial charge on any atom is -0.747 e. The van der Waals surface area contributed by atoms with E-state index in [2.05, 4.69) is 20.7 Å². The summed E-state index contributed by atoms with van der Waals surface area (Å²) in [6, 6.07) is 34.2. The Morgan fingerprint density at radius 3 is 1.27 bits per heavy atom. The summed E-state index contributed by atoms with van der Waals surface area (Å²) in [6.07, 6.45) is 0.733. The number of aliphatic hydroxyl groups excluding tert-OH is 2. The molecule has 0 spiro atoms. The molecule has 0 radical (unpaired) electrons. The Balaban J connectivity index is 0.000000258. The molecular formula is C82H98N13NaO34S4. The number of benzene rings is 6. The van der Waals surface area contributed by atoms with E-state index in [1.54, 1.807) is 69.9 Å². The zero-order valence-corrected chi connectivity index (χ0v) is 77.9. The van der Waals surface area contributed by atoms with Gasteiger partial charge in [-0.1, -0.05) is 97.1 Å². The van der Waals surface area contributed by atoms with Gasteiger partial charge in [-0.05, 0) is 121 Å². The van der Waals surface area contributed by atoms with Gasteiger partial charge in [-0.3, -0.25) is 89.6 Å². The predicted octanol–water partition coefficient (Wildman–Crippen LogP) is -4.69. The second kappa shape index (κ2) is 54.0. The van der Waals surface area contributed by atoms with Gasteiger partial charge in [0, 0.05) is 41.1 Å². The van der Waals surface area contributed by atoms with Crippen molar-refractivity contribution >= 4 is 135 Å². The zero-order valence-electron chi connectivity index (χ0n) is 72.6. The van der Waals surface area contributed by atoms with Crippen LogP contribution in [-0.2, 0) is 149 Å². The first-order valence-electron chi connectivity index (χ1n) is 40.1. The van der Waals surface area contributed by atoms with Crippen LogP contribution in [0.15, 0.2) is 166 Å².